The van der Waals surface area contributed by atoms with Gasteiger partial charge >= 0.3 is 0 Å². The molecule has 1 aliphatic heterocycles. The van der Waals surface area contributed by atoms with E-state index in [1.165, 1.54) is 12.1 Å². The van der Waals surface area contributed by atoms with Gasteiger partial charge in [-0.05, 0) is 37.9 Å². The first-order valence-electron chi connectivity index (χ1n) is 6.49. The lowest BCUT2D eigenvalue weighted by molar-refractivity contribution is -0.384. The third-order valence-electron chi connectivity index (χ3n) is 3.76. The normalized spacial score (nSPS) is 22.0. The van der Waals surface area contributed by atoms with Gasteiger partial charge in [0, 0.05) is 24.2 Å². The van der Waals surface area contributed by atoms with E-state index in [0.29, 0.717) is 24.7 Å². The van der Waals surface area contributed by atoms with Gasteiger partial charge in [-0.3, -0.25) is 14.9 Å². The molecule has 1 aromatic carbocycles. The summed E-state index contributed by atoms with van der Waals surface area (Å²) in [5.41, 5.74) is 11.4. The summed E-state index contributed by atoms with van der Waals surface area (Å²) in [6.45, 7) is 3.27. The summed E-state index contributed by atoms with van der Waals surface area (Å²) < 4.78 is 0. The lowest BCUT2D eigenvalue weighted by atomic mass is 10.1. The largest absolute Gasteiger partial charge is 0.366 e. The van der Waals surface area contributed by atoms with Gasteiger partial charge in [-0.15, -0.1) is 0 Å². The number of carbonyl (C=O) groups is 1. The number of nitrogens with zero attached hydrogens (tertiary/aromatic N) is 2. The second kappa shape index (κ2) is 5.46. The molecule has 108 valence electrons. The van der Waals surface area contributed by atoms with E-state index in [0.717, 1.165) is 6.42 Å². The second-order valence-corrected chi connectivity index (χ2v) is 5.16. The minimum atomic E-state index is -0.672. The number of hydrogen-bond acceptors (Lipinski definition) is 5. The molecule has 20 heavy (non-hydrogen) atoms. The molecule has 1 fully saturated rings. The fourth-order valence-corrected chi connectivity index (χ4v) is 2.71. The third kappa shape index (κ3) is 2.57. The Labute approximate surface area is 116 Å². The molecule has 2 atom stereocenters. The number of amides is 1. The number of nitro benzene ring substituents is 1. The quantitative estimate of drug-likeness (QED) is 0.626. The van der Waals surface area contributed by atoms with Crippen LogP contribution in [0.3, 0.4) is 0 Å². The molecule has 0 bridgehead atoms. The lowest BCUT2D eigenvalue weighted by Gasteiger charge is -2.23. The predicted octanol–water partition coefficient (Wildman–Crippen LogP) is 0.867. The molecule has 0 aromatic heterocycles. The van der Waals surface area contributed by atoms with Crippen molar-refractivity contribution in [3.8, 4) is 0 Å². The maximum atomic E-state index is 11.2. The summed E-state index contributed by atoms with van der Waals surface area (Å²) in [5.74, 6) is -0.339. The van der Waals surface area contributed by atoms with Crippen LogP contribution < -0.4 is 16.4 Å². The predicted molar refractivity (Wildman–Crippen MR) is 75.6 cm³/mol. The molecule has 0 aliphatic carbocycles. The van der Waals surface area contributed by atoms with E-state index in [1.807, 2.05) is 11.8 Å². The van der Waals surface area contributed by atoms with Crippen LogP contribution in [-0.2, 0) is 0 Å². The summed E-state index contributed by atoms with van der Waals surface area (Å²) >= 11 is 0. The lowest BCUT2D eigenvalue weighted by Crippen LogP contribution is -2.28. The number of anilines is 1. The Balaban J connectivity index is 2.41. The molecular weight excluding hydrogens is 260 g/mol. The van der Waals surface area contributed by atoms with E-state index in [1.54, 1.807) is 6.07 Å². The van der Waals surface area contributed by atoms with Crippen LogP contribution in [-0.4, -0.2) is 30.0 Å². The van der Waals surface area contributed by atoms with Gasteiger partial charge in [0.15, 0.2) is 0 Å². The van der Waals surface area contributed by atoms with Crippen molar-refractivity contribution in [1.29, 1.82) is 0 Å². The van der Waals surface area contributed by atoms with Crippen molar-refractivity contribution in [2.24, 2.45) is 17.4 Å². The zero-order valence-corrected chi connectivity index (χ0v) is 11.3. The Morgan fingerprint density at radius 3 is 2.75 bits per heavy atom. The number of nitro groups is 1. The van der Waals surface area contributed by atoms with Crippen molar-refractivity contribution in [1.82, 2.24) is 0 Å². The third-order valence-corrected chi connectivity index (χ3v) is 3.76. The van der Waals surface area contributed by atoms with Crippen molar-refractivity contribution in [2.45, 2.75) is 19.4 Å². The van der Waals surface area contributed by atoms with Crippen molar-refractivity contribution in [3.63, 3.8) is 0 Å². The second-order valence-electron chi connectivity index (χ2n) is 5.16. The first-order valence-corrected chi connectivity index (χ1v) is 6.49. The fraction of sp³-hybridized carbons (Fsp3) is 0.462. The average Bonchev–Trinajstić information content (AvgIpc) is 2.79. The van der Waals surface area contributed by atoms with E-state index in [4.69, 9.17) is 11.5 Å². The van der Waals surface area contributed by atoms with Crippen LogP contribution in [0.5, 0.6) is 0 Å². The molecule has 7 nitrogen and oxygen atoms in total. The molecule has 1 amide bonds. The first kappa shape index (κ1) is 14.3. The zero-order valence-electron chi connectivity index (χ0n) is 11.3. The molecule has 2 unspecified atom stereocenters. The molecule has 0 spiro atoms. The van der Waals surface area contributed by atoms with E-state index in [-0.39, 0.29) is 17.3 Å². The van der Waals surface area contributed by atoms with Crippen molar-refractivity contribution >= 4 is 17.3 Å². The first-order chi connectivity index (χ1) is 9.43. The Kier molecular flexibility index (Phi) is 3.89. The van der Waals surface area contributed by atoms with Crippen LogP contribution in [0, 0.1) is 16.0 Å². The van der Waals surface area contributed by atoms with Gasteiger partial charge in [-0.2, -0.15) is 0 Å². The highest BCUT2D eigenvalue weighted by molar-refractivity contribution is 5.94. The highest BCUT2D eigenvalue weighted by Gasteiger charge is 2.32. The van der Waals surface area contributed by atoms with Crippen LogP contribution in [0.25, 0.3) is 0 Å². The molecule has 2 rings (SSSR count). The minimum absolute atomic E-state index is 0.0918. The van der Waals surface area contributed by atoms with Gasteiger partial charge < -0.3 is 16.4 Å². The van der Waals surface area contributed by atoms with Gasteiger partial charge in [0.25, 0.3) is 5.69 Å². The molecule has 1 saturated heterocycles. The van der Waals surface area contributed by atoms with Gasteiger partial charge in [-0.25, -0.2) is 0 Å². The molecule has 1 aliphatic rings. The van der Waals surface area contributed by atoms with Crippen LogP contribution >= 0.6 is 0 Å². The molecule has 0 saturated carbocycles. The summed E-state index contributed by atoms with van der Waals surface area (Å²) in [4.78, 5) is 23.8. The van der Waals surface area contributed by atoms with E-state index >= 15 is 0 Å². The van der Waals surface area contributed by atoms with E-state index < -0.39 is 10.8 Å². The fourth-order valence-electron chi connectivity index (χ4n) is 2.71. The van der Waals surface area contributed by atoms with E-state index in [9.17, 15) is 14.9 Å². The average molecular weight is 278 g/mol. The summed E-state index contributed by atoms with van der Waals surface area (Å²) in [6.07, 6.45) is 0.908. The zero-order chi connectivity index (χ0) is 14.9. The molecule has 1 heterocycles. The van der Waals surface area contributed by atoms with Gasteiger partial charge in [0.1, 0.15) is 5.69 Å². The SMILES string of the molecule is CC1CC(CN)CN1c1ccc(C(N)=O)cc1[N+](=O)[O-]. The van der Waals surface area contributed by atoms with Gasteiger partial charge in [0.05, 0.1) is 4.92 Å². The smallest absolute Gasteiger partial charge is 0.293 e. The molecule has 7 heteroatoms. The van der Waals surface area contributed by atoms with Crippen LogP contribution in [0.1, 0.15) is 23.7 Å². The van der Waals surface area contributed by atoms with E-state index in [2.05, 4.69) is 0 Å². The monoisotopic (exact) mass is 278 g/mol. The Morgan fingerprint density at radius 1 is 1.55 bits per heavy atom. The highest BCUT2D eigenvalue weighted by Crippen LogP contribution is 2.35. The van der Waals surface area contributed by atoms with Crippen molar-refractivity contribution in [2.75, 3.05) is 18.0 Å². The number of primary amides is 1. The number of benzene rings is 1. The standard InChI is InChI=1S/C13H18N4O3/c1-8-4-9(6-14)7-16(8)11-3-2-10(13(15)18)5-12(11)17(19)20/h2-3,5,8-9H,4,6-7,14H2,1H3,(H2,15,18). The summed E-state index contributed by atoms with van der Waals surface area (Å²) in [6, 6.07) is 4.53. The van der Waals surface area contributed by atoms with Crippen LogP contribution in [0.2, 0.25) is 0 Å². The van der Waals surface area contributed by atoms with Crippen LogP contribution in [0.15, 0.2) is 18.2 Å². The number of nitrogens with two attached hydrogens (primary N) is 2. The number of carbonyl (C=O) groups excluding carboxylic acids is 1. The Bertz CT molecular complexity index is 546. The Morgan fingerprint density at radius 2 is 2.25 bits per heavy atom. The van der Waals surface area contributed by atoms with Crippen LogP contribution in [0.4, 0.5) is 11.4 Å². The molecule has 0 radical (unpaired) electrons. The highest BCUT2D eigenvalue weighted by atomic mass is 16.6. The molecule has 4 N–H and O–H groups in total. The maximum Gasteiger partial charge on any atom is 0.293 e. The van der Waals surface area contributed by atoms with Gasteiger partial charge in [-0.1, -0.05) is 0 Å². The minimum Gasteiger partial charge on any atom is -0.366 e. The molecular formula is C13H18N4O3. The van der Waals surface area contributed by atoms with Crippen molar-refractivity contribution in [3.05, 3.63) is 33.9 Å². The number of hydrogen-bond donors (Lipinski definition) is 2. The van der Waals surface area contributed by atoms with Gasteiger partial charge in [0.2, 0.25) is 5.91 Å². The maximum absolute atomic E-state index is 11.2. The van der Waals surface area contributed by atoms with Crippen molar-refractivity contribution < 1.29 is 9.72 Å². The topological polar surface area (TPSA) is 115 Å². The Hall–Kier alpha value is -2.15. The molecule has 1 aromatic rings. The number of rotatable bonds is 4. The summed E-state index contributed by atoms with van der Waals surface area (Å²) in [7, 11) is 0. The summed E-state index contributed by atoms with van der Waals surface area (Å²) in [5, 5.41) is 11.2.